The summed E-state index contributed by atoms with van der Waals surface area (Å²) in [5, 5.41) is 0. The fraction of sp³-hybridized carbons (Fsp3) is 0.600. The molecule has 0 spiro atoms. The largest absolute Gasteiger partial charge is 0.468 e. The van der Waals surface area contributed by atoms with E-state index in [1.54, 1.807) is 0 Å². The molecule has 0 aromatic heterocycles. The van der Waals surface area contributed by atoms with Crippen LogP contribution in [0.2, 0.25) is 0 Å². The molecule has 1 aliphatic carbocycles. The summed E-state index contributed by atoms with van der Waals surface area (Å²) in [5.41, 5.74) is 1.34. The highest BCUT2D eigenvalue weighted by molar-refractivity contribution is 5.26. The van der Waals surface area contributed by atoms with Gasteiger partial charge in [-0.1, -0.05) is 38.3 Å². The van der Waals surface area contributed by atoms with Crippen molar-refractivity contribution in [2.45, 2.75) is 51.6 Å². The highest BCUT2D eigenvalue weighted by Crippen LogP contribution is 2.20. The van der Waals surface area contributed by atoms with Gasteiger partial charge in [-0.2, -0.15) is 0 Å². The quantitative estimate of drug-likeness (QED) is 0.718. The van der Waals surface area contributed by atoms with E-state index < -0.39 is 0 Å². The van der Waals surface area contributed by atoms with E-state index in [1.807, 2.05) is 12.1 Å². The first-order chi connectivity index (χ1) is 8.38. The normalized spacial score (nSPS) is 17.0. The van der Waals surface area contributed by atoms with E-state index in [4.69, 9.17) is 9.47 Å². The van der Waals surface area contributed by atoms with Gasteiger partial charge >= 0.3 is 0 Å². The van der Waals surface area contributed by atoms with Crippen LogP contribution in [0.3, 0.4) is 0 Å². The molecule has 2 nitrogen and oxygen atoms in total. The van der Waals surface area contributed by atoms with Gasteiger partial charge in [-0.05, 0) is 37.0 Å². The van der Waals surface area contributed by atoms with Gasteiger partial charge in [-0.15, -0.1) is 0 Å². The summed E-state index contributed by atoms with van der Waals surface area (Å²) < 4.78 is 11.3. The predicted octanol–water partition coefficient (Wildman–Crippen LogP) is 3.93. The Morgan fingerprint density at radius 3 is 2.41 bits per heavy atom. The Hall–Kier alpha value is -1.02. The Morgan fingerprint density at radius 2 is 1.76 bits per heavy atom. The third-order valence-electron chi connectivity index (χ3n) is 3.41. The van der Waals surface area contributed by atoms with Crippen LogP contribution in [-0.2, 0) is 11.2 Å². The highest BCUT2D eigenvalue weighted by atomic mass is 16.7. The molecule has 0 atom stereocenters. The molecule has 0 saturated heterocycles. The minimum Gasteiger partial charge on any atom is -0.468 e. The summed E-state index contributed by atoms with van der Waals surface area (Å²) in [4.78, 5) is 0. The maximum atomic E-state index is 5.72. The van der Waals surface area contributed by atoms with E-state index >= 15 is 0 Å². The van der Waals surface area contributed by atoms with Crippen molar-refractivity contribution in [3.63, 3.8) is 0 Å². The zero-order valence-electron chi connectivity index (χ0n) is 10.7. The molecule has 1 aliphatic rings. The molecule has 0 N–H and O–H groups in total. The molecule has 0 radical (unpaired) electrons. The lowest BCUT2D eigenvalue weighted by molar-refractivity contribution is -0.0496. The number of hydrogen-bond acceptors (Lipinski definition) is 2. The van der Waals surface area contributed by atoms with Crippen LogP contribution in [0.5, 0.6) is 5.75 Å². The molecule has 2 rings (SSSR count). The molecule has 17 heavy (non-hydrogen) atoms. The smallest absolute Gasteiger partial charge is 0.189 e. The molecule has 94 valence electrons. The van der Waals surface area contributed by atoms with Crippen LogP contribution < -0.4 is 4.74 Å². The van der Waals surface area contributed by atoms with Crippen molar-refractivity contribution in [2.75, 3.05) is 6.79 Å². The molecule has 0 aliphatic heterocycles. The molecule has 1 aromatic carbocycles. The van der Waals surface area contributed by atoms with Crippen LogP contribution >= 0.6 is 0 Å². The van der Waals surface area contributed by atoms with Crippen LogP contribution in [0.15, 0.2) is 24.3 Å². The average Bonchev–Trinajstić information content (AvgIpc) is 2.41. The molecule has 0 amide bonds. The van der Waals surface area contributed by atoms with Gasteiger partial charge in [0.2, 0.25) is 0 Å². The number of ether oxygens (including phenoxy) is 2. The second kappa shape index (κ2) is 6.65. The summed E-state index contributed by atoms with van der Waals surface area (Å²) in [6.45, 7) is 2.54. The van der Waals surface area contributed by atoms with Gasteiger partial charge in [-0.25, -0.2) is 0 Å². The van der Waals surface area contributed by atoms with E-state index in [9.17, 15) is 0 Å². The zero-order chi connectivity index (χ0) is 11.9. The van der Waals surface area contributed by atoms with E-state index in [1.165, 1.54) is 37.7 Å². The van der Waals surface area contributed by atoms with Gasteiger partial charge in [0, 0.05) is 0 Å². The topological polar surface area (TPSA) is 18.5 Å². The summed E-state index contributed by atoms with van der Waals surface area (Å²) >= 11 is 0. The first-order valence-corrected chi connectivity index (χ1v) is 6.72. The molecule has 0 unspecified atom stereocenters. The van der Waals surface area contributed by atoms with Gasteiger partial charge in [0.1, 0.15) is 5.75 Å². The van der Waals surface area contributed by atoms with Gasteiger partial charge in [0.05, 0.1) is 6.10 Å². The summed E-state index contributed by atoms with van der Waals surface area (Å²) in [5.74, 6) is 0.901. The van der Waals surface area contributed by atoms with Gasteiger partial charge < -0.3 is 9.47 Å². The van der Waals surface area contributed by atoms with Crippen LogP contribution in [0.1, 0.15) is 44.6 Å². The molecule has 0 bridgehead atoms. The van der Waals surface area contributed by atoms with E-state index in [-0.39, 0.29) is 0 Å². The fourth-order valence-electron chi connectivity index (χ4n) is 2.25. The Balaban J connectivity index is 1.69. The lowest BCUT2D eigenvalue weighted by atomic mass is 9.98. The Kier molecular flexibility index (Phi) is 4.87. The second-order valence-corrected chi connectivity index (χ2v) is 4.69. The zero-order valence-corrected chi connectivity index (χ0v) is 10.7. The van der Waals surface area contributed by atoms with E-state index in [0.717, 1.165) is 12.2 Å². The second-order valence-electron chi connectivity index (χ2n) is 4.69. The van der Waals surface area contributed by atoms with Crippen molar-refractivity contribution in [3.05, 3.63) is 29.8 Å². The Labute approximate surface area is 104 Å². The first-order valence-electron chi connectivity index (χ1n) is 6.72. The standard InChI is InChI=1S/C15H22O2/c1-2-13-8-10-15(11-9-13)17-12-16-14-6-4-3-5-7-14/h8-11,14H,2-7,12H2,1H3. The SMILES string of the molecule is CCc1ccc(OCOC2CCCCC2)cc1. The molecule has 1 aromatic rings. The first kappa shape index (κ1) is 12.4. The van der Waals surface area contributed by atoms with Crippen molar-refractivity contribution < 1.29 is 9.47 Å². The average molecular weight is 234 g/mol. The minimum absolute atomic E-state index is 0.385. The maximum Gasteiger partial charge on any atom is 0.189 e. The van der Waals surface area contributed by atoms with Crippen molar-refractivity contribution in [3.8, 4) is 5.75 Å². The summed E-state index contributed by atoms with van der Waals surface area (Å²) in [6, 6.07) is 8.25. The van der Waals surface area contributed by atoms with Crippen molar-refractivity contribution in [1.82, 2.24) is 0 Å². The van der Waals surface area contributed by atoms with Crippen LogP contribution in [0, 0.1) is 0 Å². The molecule has 1 fully saturated rings. The Bertz CT molecular complexity index is 312. The van der Waals surface area contributed by atoms with Gasteiger partial charge in [-0.3, -0.25) is 0 Å². The molecule has 1 saturated carbocycles. The molecule has 2 heteroatoms. The third kappa shape index (κ3) is 4.04. The number of rotatable bonds is 5. The van der Waals surface area contributed by atoms with E-state index in [2.05, 4.69) is 19.1 Å². The summed E-state index contributed by atoms with van der Waals surface area (Å²) in [7, 11) is 0. The predicted molar refractivity (Wildman–Crippen MR) is 69.3 cm³/mol. The number of benzene rings is 1. The van der Waals surface area contributed by atoms with Crippen LogP contribution in [0.25, 0.3) is 0 Å². The molecular formula is C15H22O2. The Morgan fingerprint density at radius 1 is 1.06 bits per heavy atom. The molecular weight excluding hydrogens is 212 g/mol. The van der Waals surface area contributed by atoms with Crippen molar-refractivity contribution in [2.24, 2.45) is 0 Å². The maximum absolute atomic E-state index is 5.72. The van der Waals surface area contributed by atoms with Gasteiger partial charge in [0.25, 0.3) is 0 Å². The highest BCUT2D eigenvalue weighted by Gasteiger charge is 2.13. The fourth-order valence-corrected chi connectivity index (χ4v) is 2.25. The molecule has 0 heterocycles. The van der Waals surface area contributed by atoms with Gasteiger partial charge in [0.15, 0.2) is 6.79 Å². The van der Waals surface area contributed by atoms with Crippen LogP contribution in [0.4, 0.5) is 0 Å². The lowest BCUT2D eigenvalue weighted by Crippen LogP contribution is -2.19. The van der Waals surface area contributed by atoms with E-state index in [0.29, 0.717) is 12.9 Å². The van der Waals surface area contributed by atoms with Crippen molar-refractivity contribution in [1.29, 1.82) is 0 Å². The summed E-state index contributed by atoms with van der Waals surface area (Å²) in [6.07, 6.45) is 7.83. The monoisotopic (exact) mass is 234 g/mol. The van der Waals surface area contributed by atoms with Crippen molar-refractivity contribution >= 4 is 0 Å². The third-order valence-corrected chi connectivity index (χ3v) is 3.41. The minimum atomic E-state index is 0.385. The lowest BCUT2D eigenvalue weighted by Gasteiger charge is -2.21. The number of aryl methyl sites for hydroxylation is 1. The number of hydrogen-bond donors (Lipinski definition) is 0. The van der Waals surface area contributed by atoms with Crippen LogP contribution in [-0.4, -0.2) is 12.9 Å².